The van der Waals surface area contributed by atoms with Crippen molar-refractivity contribution in [3.8, 4) is 6.07 Å². The van der Waals surface area contributed by atoms with Gasteiger partial charge in [0.05, 0.1) is 66.4 Å². The molecule has 3 N–H and O–H groups in total. The van der Waals surface area contributed by atoms with Crippen molar-refractivity contribution < 1.29 is 53.3 Å². The third kappa shape index (κ3) is 8.93. The van der Waals surface area contributed by atoms with Crippen LogP contribution in [0.5, 0.6) is 0 Å². The lowest BCUT2D eigenvalue weighted by Crippen LogP contribution is -2.60. The van der Waals surface area contributed by atoms with Gasteiger partial charge in [-0.25, -0.2) is 0 Å². The number of ether oxygens (including phenoxy) is 7. The van der Waals surface area contributed by atoms with Gasteiger partial charge in [0.1, 0.15) is 17.8 Å². The molecule has 0 radical (unpaired) electrons. The number of likely N-dealkylation sites (N-methyl/N-ethyl adjacent to an activating group) is 1. The second-order valence-electron chi connectivity index (χ2n) is 16.9. The summed E-state index contributed by atoms with van der Waals surface area (Å²) < 4.78 is 45.2. The van der Waals surface area contributed by atoms with Crippen LogP contribution in [-0.4, -0.2) is 131 Å². The Bertz CT molecular complexity index is 1220. The van der Waals surface area contributed by atoms with E-state index in [-0.39, 0.29) is 31.1 Å². The lowest BCUT2D eigenvalue weighted by Gasteiger charge is -2.48. The Morgan fingerprint density at radius 3 is 2.25 bits per heavy atom. The molecule has 4 saturated heterocycles. The molecule has 0 spiro atoms. The van der Waals surface area contributed by atoms with Gasteiger partial charge < -0.3 is 48.5 Å². The van der Waals surface area contributed by atoms with Crippen molar-refractivity contribution in [3.05, 3.63) is 0 Å². The van der Waals surface area contributed by atoms with Crippen LogP contribution in [0.3, 0.4) is 0 Å². The fourth-order valence-electron chi connectivity index (χ4n) is 9.41. The molecule has 0 unspecified atom stereocenters. The van der Waals surface area contributed by atoms with Crippen LogP contribution in [0.1, 0.15) is 101 Å². The number of esters is 1. The number of aliphatic hydroxyl groups excluding tert-OH is 2. The first kappa shape index (κ1) is 42.3. The van der Waals surface area contributed by atoms with E-state index in [1.807, 2.05) is 41.5 Å². The van der Waals surface area contributed by atoms with Crippen LogP contribution < -0.4 is 0 Å². The molecule has 4 aliphatic heterocycles. The molecular formula is C38H66N2O11. The monoisotopic (exact) mass is 726 g/mol. The molecule has 0 amide bonds. The highest BCUT2D eigenvalue weighted by atomic mass is 16.7. The Hall–Kier alpha value is -1.44. The minimum Gasteiger partial charge on any atom is -0.459 e. The van der Waals surface area contributed by atoms with Crippen molar-refractivity contribution in [2.24, 2.45) is 23.7 Å². The van der Waals surface area contributed by atoms with E-state index < -0.39 is 95.8 Å². The molecule has 0 aromatic rings. The fourth-order valence-corrected chi connectivity index (χ4v) is 9.41. The number of rotatable bonds is 8. The molecule has 13 heteroatoms. The van der Waals surface area contributed by atoms with Crippen molar-refractivity contribution in [2.45, 2.75) is 186 Å². The molecule has 0 aromatic heterocycles. The highest BCUT2D eigenvalue weighted by molar-refractivity contribution is 5.73. The second-order valence-corrected chi connectivity index (χ2v) is 16.9. The number of fused-ring (bicyclic) bond motifs is 2. The number of carbonyl (C=O) groups is 1. The van der Waals surface area contributed by atoms with E-state index in [4.69, 9.17) is 33.2 Å². The molecule has 0 aliphatic carbocycles. The van der Waals surface area contributed by atoms with Crippen LogP contribution in [0.2, 0.25) is 0 Å². The van der Waals surface area contributed by atoms with Gasteiger partial charge in [-0.1, -0.05) is 27.7 Å². The average Bonchev–Trinajstić information content (AvgIpc) is 3.38. The van der Waals surface area contributed by atoms with Gasteiger partial charge in [-0.3, -0.25) is 9.69 Å². The maximum absolute atomic E-state index is 14.1. The van der Waals surface area contributed by atoms with Gasteiger partial charge in [-0.2, -0.15) is 5.26 Å². The summed E-state index contributed by atoms with van der Waals surface area (Å²) in [5.74, 6) is -2.66. The van der Waals surface area contributed by atoms with E-state index in [9.17, 15) is 25.4 Å². The summed E-state index contributed by atoms with van der Waals surface area (Å²) in [5, 5.41) is 44.6. The first-order valence-corrected chi connectivity index (χ1v) is 18.9. The number of hydrogen-bond donors (Lipinski definition) is 3. The molecule has 4 fully saturated rings. The lowest BCUT2D eigenvalue weighted by atomic mass is 9.76. The Morgan fingerprint density at radius 2 is 1.65 bits per heavy atom. The highest BCUT2D eigenvalue weighted by Gasteiger charge is 2.57. The van der Waals surface area contributed by atoms with E-state index in [1.165, 1.54) is 6.92 Å². The summed E-state index contributed by atoms with van der Waals surface area (Å²) in [5.41, 5.74) is -3.30. The Kier molecular flexibility index (Phi) is 13.7. The van der Waals surface area contributed by atoms with Crippen molar-refractivity contribution in [1.82, 2.24) is 4.90 Å². The van der Waals surface area contributed by atoms with Gasteiger partial charge in [-0.05, 0) is 73.8 Å². The third-order valence-electron chi connectivity index (χ3n) is 12.3. The number of methoxy groups -OCH3 is 1. The lowest BCUT2D eigenvalue weighted by molar-refractivity contribution is -0.312. The first-order chi connectivity index (χ1) is 23.7. The first-order valence-electron chi connectivity index (χ1n) is 18.9. The molecule has 18 atom stereocenters. The summed E-state index contributed by atoms with van der Waals surface area (Å²) in [4.78, 5) is 15.9. The zero-order chi connectivity index (χ0) is 38.2. The number of carbonyl (C=O) groups excluding carboxylic acids is 1. The van der Waals surface area contributed by atoms with Crippen molar-refractivity contribution in [3.63, 3.8) is 0 Å². The standard InChI is InChI=1S/C38H66N2O11/c1-13-27-38(10,44)32(42)23(5)30-20(2)17-37(9,51-30)33(50-35-29(41)26(16-21(3)47-35)40(11)15-14-39)24(6)31(25(7)34(43)48-27)49-28-19-36(8,45-12)18-22(4)46-28/h20-33,35,41-42,44H,13,15-19H2,1-12H3/t20-,21+,22-,23-,24-,25+,26-,27+,28-,29+,30+,31-,32+,33+,35-,36-,37-,38+/m0/s1. The summed E-state index contributed by atoms with van der Waals surface area (Å²) in [7, 11) is 3.46. The number of nitrogens with zero attached hydrogens (tertiary/aromatic N) is 2. The van der Waals surface area contributed by atoms with Crippen LogP contribution in [0.4, 0.5) is 0 Å². The van der Waals surface area contributed by atoms with E-state index in [0.29, 0.717) is 25.7 Å². The SMILES string of the molecule is CC[C@H]1OC(=O)[C@H](C)[C@@H](O[C@H]2C[C@@](C)(OC)C[C@H](C)O2)[C@H](C)[C@@H](O[C@@H]2O[C@H](C)C[C@H](N(C)CC#N)[C@H]2O)[C@]2(C)C[C@H](C)[C@@H](O2)[C@H](C)[C@@H](O)[C@]1(C)O. The molecule has 0 saturated carbocycles. The predicted molar refractivity (Wildman–Crippen MR) is 187 cm³/mol. The Morgan fingerprint density at radius 1 is 0.980 bits per heavy atom. The fraction of sp³-hybridized carbons (Fsp3) is 0.947. The largest absolute Gasteiger partial charge is 0.459 e. The third-order valence-corrected chi connectivity index (χ3v) is 12.3. The number of nitriles is 1. The second kappa shape index (κ2) is 16.5. The Labute approximate surface area is 305 Å². The predicted octanol–water partition coefficient (Wildman–Crippen LogP) is 3.55. The smallest absolute Gasteiger partial charge is 0.311 e. The summed E-state index contributed by atoms with van der Waals surface area (Å²) in [6.07, 6.45) is -5.43. The minimum atomic E-state index is -1.78. The molecular weight excluding hydrogens is 660 g/mol. The number of cyclic esters (lactones) is 1. The summed E-state index contributed by atoms with van der Waals surface area (Å²) in [6, 6.07) is 1.76. The number of hydrogen-bond acceptors (Lipinski definition) is 13. The maximum atomic E-state index is 14.1. The van der Waals surface area contributed by atoms with Gasteiger partial charge in [0, 0.05) is 37.8 Å². The van der Waals surface area contributed by atoms with Gasteiger partial charge in [0.15, 0.2) is 12.6 Å². The van der Waals surface area contributed by atoms with Crippen LogP contribution in [0.25, 0.3) is 0 Å². The van der Waals surface area contributed by atoms with Crippen molar-refractivity contribution >= 4 is 5.97 Å². The topological polar surface area (TPSA) is 169 Å². The molecule has 4 aliphatic rings. The van der Waals surface area contributed by atoms with Crippen LogP contribution in [0, 0.1) is 35.0 Å². The van der Waals surface area contributed by atoms with Crippen LogP contribution in [-0.2, 0) is 38.0 Å². The van der Waals surface area contributed by atoms with Crippen LogP contribution in [0.15, 0.2) is 0 Å². The van der Waals surface area contributed by atoms with Crippen molar-refractivity contribution in [1.29, 1.82) is 5.26 Å². The quantitative estimate of drug-likeness (QED) is 0.246. The van der Waals surface area contributed by atoms with E-state index in [2.05, 4.69) is 13.0 Å². The zero-order valence-corrected chi connectivity index (χ0v) is 32.9. The molecule has 13 nitrogen and oxygen atoms in total. The zero-order valence-electron chi connectivity index (χ0n) is 32.9. The molecule has 2 bridgehead atoms. The average molecular weight is 727 g/mol. The van der Waals surface area contributed by atoms with E-state index in [0.717, 1.165) is 0 Å². The van der Waals surface area contributed by atoms with Crippen molar-refractivity contribution in [2.75, 3.05) is 20.7 Å². The molecule has 4 heterocycles. The summed E-state index contributed by atoms with van der Waals surface area (Å²) >= 11 is 0. The normalized spacial score (nSPS) is 50.1. The maximum Gasteiger partial charge on any atom is 0.311 e. The van der Waals surface area contributed by atoms with Gasteiger partial charge in [0.2, 0.25) is 0 Å². The minimum absolute atomic E-state index is 0.0633. The Balaban J connectivity index is 1.83. The van der Waals surface area contributed by atoms with E-state index >= 15 is 0 Å². The molecule has 0 aromatic carbocycles. The molecule has 4 rings (SSSR count). The van der Waals surface area contributed by atoms with E-state index in [1.54, 1.807) is 32.9 Å². The molecule has 51 heavy (non-hydrogen) atoms. The molecule has 294 valence electrons. The van der Waals surface area contributed by atoms with Gasteiger partial charge >= 0.3 is 5.97 Å². The van der Waals surface area contributed by atoms with Gasteiger partial charge in [0.25, 0.3) is 0 Å². The highest BCUT2D eigenvalue weighted by Crippen LogP contribution is 2.48. The van der Waals surface area contributed by atoms with Crippen LogP contribution >= 0.6 is 0 Å². The summed E-state index contributed by atoms with van der Waals surface area (Å²) in [6.45, 7) is 18.8. The van der Waals surface area contributed by atoms with Gasteiger partial charge in [-0.15, -0.1) is 0 Å². The number of aliphatic hydroxyl groups is 3.